The maximum absolute atomic E-state index is 5.00. The largest absolute Gasteiger partial charge is 0.309 e. The lowest BCUT2D eigenvalue weighted by Crippen LogP contribution is -2.04. The molecule has 5 heteroatoms. The maximum Gasteiger partial charge on any atom is 0.145 e. The average Bonchev–Trinajstić information content (AvgIpc) is 3.80. The van der Waals surface area contributed by atoms with Gasteiger partial charge in [-0.05, 0) is 78.6 Å². The van der Waals surface area contributed by atoms with E-state index < -0.39 is 0 Å². The summed E-state index contributed by atoms with van der Waals surface area (Å²) in [6, 6.07) is 46.3. The summed E-state index contributed by atoms with van der Waals surface area (Å²) in [5.41, 5.74) is 11.6. The van der Waals surface area contributed by atoms with E-state index in [1.54, 1.807) is 0 Å². The van der Waals surface area contributed by atoms with Gasteiger partial charge in [0.1, 0.15) is 11.5 Å². The van der Waals surface area contributed by atoms with Gasteiger partial charge >= 0.3 is 0 Å². The van der Waals surface area contributed by atoms with Crippen LogP contribution in [0.5, 0.6) is 0 Å². The Hall–Kier alpha value is -6.20. The summed E-state index contributed by atoms with van der Waals surface area (Å²) in [7, 11) is 0. The number of hydrogen-bond acceptors (Lipinski definition) is 2. The molecular formula is C44H33N5. The molecule has 10 aromatic rings. The third-order valence-electron chi connectivity index (χ3n) is 10.3. The highest BCUT2D eigenvalue weighted by atomic mass is 15.1. The predicted molar refractivity (Wildman–Crippen MR) is 204 cm³/mol. The Kier molecular flexibility index (Phi) is 6.06. The van der Waals surface area contributed by atoms with Crippen LogP contribution in [0, 0.1) is 0 Å². The van der Waals surface area contributed by atoms with E-state index in [1.165, 1.54) is 49.1 Å². The van der Waals surface area contributed by atoms with Gasteiger partial charge in [-0.1, -0.05) is 86.6 Å². The number of pyridine rings is 2. The molecule has 0 saturated heterocycles. The zero-order valence-corrected chi connectivity index (χ0v) is 27.4. The Morgan fingerprint density at radius 2 is 0.980 bits per heavy atom. The molecule has 0 unspecified atom stereocenters. The minimum absolute atomic E-state index is 0.908. The lowest BCUT2D eigenvalue weighted by Gasteiger charge is -2.14. The van der Waals surface area contributed by atoms with Crippen molar-refractivity contribution in [2.45, 2.75) is 26.7 Å². The number of aryl methyl sites for hydroxylation is 2. The molecule has 0 radical (unpaired) electrons. The quantitative estimate of drug-likeness (QED) is 0.190. The fraction of sp³-hybridized carbons (Fsp3) is 0.0909. The zero-order valence-electron chi connectivity index (χ0n) is 27.4. The van der Waals surface area contributed by atoms with E-state index in [1.807, 2.05) is 24.5 Å². The summed E-state index contributed by atoms with van der Waals surface area (Å²) in [5.74, 6) is 1.01. The molecule has 0 amide bonds. The Bertz CT molecular complexity index is 2870. The van der Waals surface area contributed by atoms with Crippen molar-refractivity contribution in [3.63, 3.8) is 0 Å². The number of aromatic nitrogens is 5. The zero-order chi connectivity index (χ0) is 32.6. The van der Waals surface area contributed by atoms with Crippen LogP contribution in [0.25, 0.3) is 82.7 Å². The molecular weight excluding hydrogens is 599 g/mol. The first-order chi connectivity index (χ1) is 24.2. The third-order valence-corrected chi connectivity index (χ3v) is 10.3. The van der Waals surface area contributed by atoms with Crippen molar-refractivity contribution in [3.05, 3.63) is 151 Å². The summed E-state index contributed by atoms with van der Waals surface area (Å²) < 4.78 is 7.14. The van der Waals surface area contributed by atoms with Crippen LogP contribution in [0.4, 0.5) is 0 Å². The number of rotatable bonds is 5. The van der Waals surface area contributed by atoms with E-state index in [9.17, 15) is 0 Å². The van der Waals surface area contributed by atoms with Crippen molar-refractivity contribution in [1.29, 1.82) is 0 Å². The second kappa shape index (κ2) is 10.7. The molecule has 49 heavy (non-hydrogen) atoms. The minimum atomic E-state index is 0.908. The van der Waals surface area contributed by atoms with E-state index in [2.05, 4.69) is 143 Å². The van der Waals surface area contributed by atoms with Crippen molar-refractivity contribution in [3.8, 4) is 17.2 Å². The maximum atomic E-state index is 5.00. The number of fused-ring (bicyclic) bond motifs is 9. The fourth-order valence-corrected chi connectivity index (χ4v) is 8.11. The van der Waals surface area contributed by atoms with E-state index >= 15 is 0 Å². The highest BCUT2D eigenvalue weighted by molar-refractivity contribution is 6.13. The van der Waals surface area contributed by atoms with Crippen molar-refractivity contribution in [1.82, 2.24) is 23.7 Å². The molecule has 5 nitrogen and oxygen atoms in total. The van der Waals surface area contributed by atoms with Crippen LogP contribution in [-0.4, -0.2) is 23.7 Å². The van der Waals surface area contributed by atoms with Crippen LogP contribution in [0.3, 0.4) is 0 Å². The molecule has 0 aliphatic carbocycles. The molecule has 0 saturated carbocycles. The van der Waals surface area contributed by atoms with Gasteiger partial charge in [0.05, 0.1) is 27.6 Å². The summed E-state index contributed by atoms with van der Waals surface area (Å²) in [6.45, 7) is 4.45. The first-order valence-corrected chi connectivity index (χ1v) is 17.1. The first kappa shape index (κ1) is 27.9. The molecule has 5 aromatic heterocycles. The average molecular weight is 632 g/mol. The lowest BCUT2D eigenvalue weighted by atomic mass is 10.1. The van der Waals surface area contributed by atoms with Gasteiger partial charge in [-0.15, -0.1) is 0 Å². The first-order valence-electron chi connectivity index (χ1n) is 17.1. The molecule has 0 N–H and O–H groups in total. The van der Waals surface area contributed by atoms with E-state index in [-0.39, 0.29) is 0 Å². The van der Waals surface area contributed by atoms with Crippen LogP contribution in [-0.2, 0) is 12.8 Å². The Balaban J connectivity index is 1.30. The number of hydrogen-bond donors (Lipinski definition) is 0. The summed E-state index contributed by atoms with van der Waals surface area (Å²) in [4.78, 5) is 9.86. The molecule has 10 rings (SSSR count). The topological polar surface area (TPSA) is 40.6 Å². The van der Waals surface area contributed by atoms with Crippen LogP contribution < -0.4 is 0 Å². The number of para-hydroxylation sites is 3. The summed E-state index contributed by atoms with van der Waals surface area (Å²) in [5, 5.41) is 7.31. The normalized spacial score (nSPS) is 12.0. The summed E-state index contributed by atoms with van der Waals surface area (Å²) >= 11 is 0. The fourth-order valence-electron chi connectivity index (χ4n) is 8.11. The van der Waals surface area contributed by atoms with Gasteiger partial charge in [-0.2, -0.15) is 0 Å². The molecule has 234 valence electrons. The van der Waals surface area contributed by atoms with Crippen molar-refractivity contribution in [2.75, 3.05) is 0 Å². The van der Waals surface area contributed by atoms with Gasteiger partial charge in [0.15, 0.2) is 0 Å². The predicted octanol–water partition coefficient (Wildman–Crippen LogP) is 10.9. The van der Waals surface area contributed by atoms with E-state index in [0.29, 0.717) is 0 Å². The Labute approximate surface area is 283 Å². The standard InChI is InChI=1S/C44H33N5/c1-3-28-12-9-16-36-35-23-20-30(26-41(35)49(42(28)36)43-29(4-2)13-10-24-45-43)47-38-18-7-5-14-32(38)34-22-21-31(27-40(34)47)48-39-19-8-6-15-33(39)37-17-11-25-46-44(37)48/h5-27H,3-4H2,1-2H3. The van der Waals surface area contributed by atoms with E-state index in [0.717, 1.165) is 57.6 Å². The monoisotopic (exact) mass is 631 g/mol. The van der Waals surface area contributed by atoms with Gasteiger partial charge < -0.3 is 4.57 Å². The van der Waals surface area contributed by atoms with Crippen molar-refractivity contribution < 1.29 is 0 Å². The van der Waals surface area contributed by atoms with Crippen LogP contribution in [0.2, 0.25) is 0 Å². The van der Waals surface area contributed by atoms with Crippen LogP contribution in [0.1, 0.15) is 25.0 Å². The van der Waals surface area contributed by atoms with Gasteiger partial charge in [-0.25, -0.2) is 9.97 Å². The second-order valence-electron chi connectivity index (χ2n) is 12.8. The smallest absolute Gasteiger partial charge is 0.145 e. The lowest BCUT2D eigenvalue weighted by molar-refractivity contribution is 0.992. The molecule has 0 bridgehead atoms. The number of nitrogens with zero attached hydrogens (tertiary/aromatic N) is 5. The molecule has 0 atom stereocenters. The number of benzene rings is 5. The molecule has 5 aromatic carbocycles. The molecule has 0 aliphatic heterocycles. The highest BCUT2D eigenvalue weighted by Gasteiger charge is 2.21. The molecule has 0 aliphatic rings. The van der Waals surface area contributed by atoms with Gasteiger partial charge in [0, 0.05) is 56.1 Å². The van der Waals surface area contributed by atoms with Gasteiger partial charge in [0.25, 0.3) is 0 Å². The highest BCUT2D eigenvalue weighted by Crippen LogP contribution is 2.39. The van der Waals surface area contributed by atoms with Crippen molar-refractivity contribution >= 4 is 65.5 Å². The van der Waals surface area contributed by atoms with Gasteiger partial charge in [0.2, 0.25) is 0 Å². The third kappa shape index (κ3) is 3.93. The van der Waals surface area contributed by atoms with E-state index in [4.69, 9.17) is 9.97 Å². The molecule has 0 fully saturated rings. The van der Waals surface area contributed by atoms with Crippen LogP contribution in [0.15, 0.2) is 140 Å². The minimum Gasteiger partial charge on any atom is -0.309 e. The Morgan fingerprint density at radius 1 is 0.429 bits per heavy atom. The SMILES string of the molecule is CCc1cccnc1-n1c2cc(-n3c4ccccc4c4ccc(-n5c6ccccc6c6cccnc65)cc43)ccc2c2cccc(CC)c21. The molecule has 0 spiro atoms. The molecule has 5 heterocycles. The van der Waals surface area contributed by atoms with Crippen molar-refractivity contribution in [2.24, 2.45) is 0 Å². The Morgan fingerprint density at radius 3 is 1.76 bits per heavy atom. The van der Waals surface area contributed by atoms with Crippen LogP contribution >= 0.6 is 0 Å². The van der Waals surface area contributed by atoms with Gasteiger partial charge in [-0.3, -0.25) is 9.13 Å². The summed E-state index contributed by atoms with van der Waals surface area (Å²) in [6.07, 6.45) is 5.66. The second-order valence-corrected chi connectivity index (χ2v) is 12.8.